The molecule has 1 rings (SSSR count). The van der Waals surface area contributed by atoms with Crippen molar-refractivity contribution in [3.05, 3.63) is 17.3 Å². The Bertz CT molecular complexity index is 459. The second kappa shape index (κ2) is 5.11. The number of nitrogens with zero attached hydrogens (tertiary/aromatic N) is 1. The zero-order valence-electron chi connectivity index (χ0n) is 9.54. The predicted molar refractivity (Wildman–Crippen MR) is 53.5 cm³/mol. The number of aliphatic carboxylic acids is 1. The van der Waals surface area contributed by atoms with Crippen LogP contribution in [0.25, 0.3) is 0 Å². The summed E-state index contributed by atoms with van der Waals surface area (Å²) in [4.78, 5) is 14.3. The summed E-state index contributed by atoms with van der Waals surface area (Å²) < 4.78 is 44.8. The Labute approximate surface area is 100 Å². The number of carboxylic acids is 1. The van der Waals surface area contributed by atoms with Gasteiger partial charge in [-0.1, -0.05) is 0 Å². The number of alkyl halides is 3. The Hall–Kier alpha value is -1.99. The van der Waals surface area contributed by atoms with Crippen molar-refractivity contribution < 1.29 is 32.5 Å². The molecule has 0 atom stereocenters. The molecule has 0 aliphatic carbocycles. The molecule has 0 aliphatic heterocycles. The molecule has 18 heavy (non-hydrogen) atoms. The SMILES string of the molecule is COc1nc(C)c(OC(F)(F)F)cc1CC(=O)O. The van der Waals surface area contributed by atoms with Crippen LogP contribution in [0.15, 0.2) is 6.07 Å². The van der Waals surface area contributed by atoms with Gasteiger partial charge in [0.1, 0.15) is 0 Å². The van der Waals surface area contributed by atoms with Gasteiger partial charge in [-0.3, -0.25) is 4.79 Å². The van der Waals surface area contributed by atoms with Crippen LogP contribution in [0.1, 0.15) is 11.3 Å². The van der Waals surface area contributed by atoms with E-state index in [1.807, 2.05) is 0 Å². The first-order valence-corrected chi connectivity index (χ1v) is 4.75. The Kier molecular flexibility index (Phi) is 4.00. The molecule has 0 fully saturated rings. The largest absolute Gasteiger partial charge is 0.573 e. The van der Waals surface area contributed by atoms with Crippen LogP contribution in [-0.2, 0) is 11.2 Å². The van der Waals surface area contributed by atoms with E-state index in [0.29, 0.717) is 0 Å². The summed E-state index contributed by atoms with van der Waals surface area (Å²) in [6.45, 7) is 1.30. The number of ether oxygens (including phenoxy) is 2. The number of rotatable bonds is 4. The third-order valence-corrected chi connectivity index (χ3v) is 1.97. The average molecular weight is 265 g/mol. The van der Waals surface area contributed by atoms with Crippen molar-refractivity contribution in [1.82, 2.24) is 4.98 Å². The molecule has 0 aliphatic rings. The van der Waals surface area contributed by atoms with Gasteiger partial charge in [-0.05, 0) is 13.0 Å². The van der Waals surface area contributed by atoms with Crippen molar-refractivity contribution in [3.63, 3.8) is 0 Å². The predicted octanol–water partition coefficient (Wildman–Crippen LogP) is 1.92. The highest BCUT2D eigenvalue weighted by Gasteiger charge is 2.32. The summed E-state index contributed by atoms with van der Waals surface area (Å²) in [5.41, 5.74) is -0.0341. The molecule has 0 radical (unpaired) electrons. The summed E-state index contributed by atoms with van der Waals surface area (Å²) in [7, 11) is 1.25. The molecular weight excluding hydrogens is 255 g/mol. The zero-order chi connectivity index (χ0) is 13.9. The lowest BCUT2D eigenvalue weighted by atomic mass is 10.1. The smallest absolute Gasteiger partial charge is 0.481 e. The van der Waals surface area contributed by atoms with E-state index in [1.165, 1.54) is 14.0 Å². The summed E-state index contributed by atoms with van der Waals surface area (Å²) in [5, 5.41) is 8.63. The molecule has 0 aromatic carbocycles. The van der Waals surface area contributed by atoms with E-state index >= 15 is 0 Å². The number of hydrogen-bond donors (Lipinski definition) is 1. The maximum Gasteiger partial charge on any atom is 0.573 e. The first-order valence-electron chi connectivity index (χ1n) is 4.75. The first-order chi connectivity index (χ1) is 8.23. The molecule has 1 aromatic rings. The fourth-order valence-electron chi connectivity index (χ4n) is 1.30. The molecule has 0 spiro atoms. The average Bonchev–Trinajstić information content (AvgIpc) is 2.19. The van der Waals surface area contributed by atoms with Gasteiger partial charge in [0.05, 0.1) is 19.2 Å². The Morgan fingerprint density at radius 3 is 2.56 bits per heavy atom. The molecule has 1 heterocycles. The number of pyridine rings is 1. The Morgan fingerprint density at radius 2 is 2.11 bits per heavy atom. The minimum atomic E-state index is -4.86. The maximum atomic E-state index is 12.1. The Balaban J connectivity index is 3.16. The third-order valence-electron chi connectivity index (χ3n) is 1.97. The first kappa shape index (κ1) is 14.1. The number of hydrogen-bond acceptors (Lipinski definition) is 4. The molecule has 1 N–H and O–H groups in total. The van der Waals surface area contributed by atoms with Crippen LogP contribution in [0.3, 0.4) is 0 Å². The third kappa shape index (κ3) is 3.79. The molecule has 8 heteroatoms. The zero-order valence-corrected chi connectivity index (χ0v) is 9.54. The van der Waals surface area contributed by atoms with Gasteiger partial charge in [-0.2, -0.15) is 0 Å². The van der Waals surface area contributed by atoms with Crippen LogP contribution in [0.2, 0.25) is 0 Å². The highest BCUT2D eigenvalue weighted by molar-refractivity contribution is 5.71. The Morgan fingerprint density at radius 1 is 1.50 bits per heavy atom. The van der Waals surface area contributed by atoms with Crippen LogP contribution < -0.4 is 9.47 Å². The van der Waals surface area contributed by atoms with Gasteiger partial charge in [0, 0.05) is 5.56 Å². The number of aromatic nitrogens is 1. The van der Waals surface area contributed by atoms with Crippen LogP contribution in [-0.4, -0.2) is 29.5 Å². The van der Waals surface area contributed by atoms with Crippen LogP contribution in [0.5, 0.6) is 11.6 Å². The molecule has 0 amide bonds. The van der Waals surface area contributed by atoms with Gasteiger partial charge in [0.2, 0.25) is 5.88 Å². The summed E-state index contributed by atoms with van der Waals surface area (Å²) in [6.07, 6.45) is -5.37. The van der Waals surface area contributed by atoms with Crippen molar-refractivity contribution in [1.29, 1.82) is 0 Å². The molecule has 0 unspecified atom stereocenters. The van der Waals surface area contributed by atoms with E-state index < -0.39 is 24.5 Å². The minimum absolute atomic E-state index is 0.00912. The standard InChI is InChI=1S/C10H10F3NO4/c1-5-7(18-10(11,12)13)3-6(4-8(15)16)9(14-5)17-2/h3H,4H2,1-2H3,(H,15,16). The van der Waals surface area contributed by atoms with Crippen LogP contribution in [0, 0.1) is 6.92 Å². The summed E-state index contributed by atoms with van der Waals surface area (Å²) >= 11 is 0. The van der Waals surface area contributed by atoms with E-state index in [1.54, 1.807) is 0 Å². The lowest BCUT2D eigenvalue weighted by Crippen LogP contribution is -2.18. The molecule has 100 valence electrons. The van der Waals surface area contributed by atoms with E-state index in [4.69, 9.17) is 9.84 Å². The maximum absolute atomic E-state index is 12.1. The van der Waals surface area contributed by atoms with Crippen LogP contribution in [0.4, 0.5) is 13.2 Å². The minimum Gasteiger partial charge on any atom is -0.481 e. The van der Waals surface area contributed by atoms with Crippen molar-refractivity contribution in [2.75, 3.05) is 7.11 Å². The van der Waals surface area contributed by atoms with Crippen molar-refractivity contribution >= 4 is 5.97 Å². The van der Waals surface area contributed by atoms with E-state index in [0.717, 1.165) is 6.07 Å². The van der Waals surface area contributed by atoms with Gasteiger partial charge in [-0.25, -0.2) is 4.98 Å². The van der Waals surface area contributed by atoms with Gasteiger partial charge < -0.3 is 14.6 Å². The van der Waals surface area contributed by atoms with E-state index in [2.05, 4.69) is 9.72 Å². The van der Waals surface area contributed by atoms with Crippen molar-refractivity contribution in [2.24, 2.45) is 0 Å². The highest BCUT2D eigenvalue weighted by atomic mass is 19.4. The molecule has 0 saturated heterocycles. The van der Waals surface area contributed by atoms with Crippen LogP contribution >= 0.6 is 0 Å². The molecule has 0 bridgehead atoms. The second-order valence-corrected chi connectivity index (χ2v) is 3.36. The normalized spacial score (nSPS) is 11.2. The lowest BCUT2D eigenvalue weighted by molar-refractivity contribution is -0.275. The topological polar surface area (TPSA) is 68.7 Å². The molecular formula is C10H10F3NO4. The van der Waals surface area contributed by atoms with Crippen molar-refractivity contribution in [2.45, 2.75) is 19.7 Å². The van der Waals surface area contributed by atoms with Gasteiger partial charge in [0.15, 0.2) is 5.75 Å². The van der Waals surface area contributed by atoms with Gasteiger partial charge >= 0.3 is 12.3 Å². The summed E-state index contributed by atoms with van der Waals surface area (Å²) in [5.74, 6) is -1.79. The quantitative estimate of drug-likeness (QED) is 0.900. The highest BCUT2D eigenvalue weighted by Crippen LogP contribution is 2.29. The lowest BCUT2D eigenvalue weighted by Gasteiger charge is -2.13. The number of methoxy groups -OCH3 is 1. The second-order valence-electron chi connectivity index (χ2n) is 3.36. The summed E-state index contributed by atoms with van der Waals surface area (Å²) in [6, 6.07) is 0.961. The van der Waals surface area contributed by atoms with Gasteiger partial charge in [-0.15, -0.1) is 13.2 Å². The molecule has 5 nitrogen and oxygen atoms in total. The molecule has 1 aromatic heterocycles. The fraction of sp³-hybridized carbons (Fsp3) is 0.400. The van der Waals surface area contributed by atoms with E-state index in [9.17, 15) is 18.0 Å². The van der Waals surface area contributed by atoms with Crippen molar-refractivity contribution in [3.8, 4) is 11.6 Å². The van der Waals surface area contributed by atoms with E-state index in [-0.39, 0.29) is 17.1 Å². The van der Waals surface area contributed by atoms with Gasteiger partial charge in [0.25, 0.3) is 0 Å². The monoisotopic (exact) mass is 265 g/mol. The number of aryl methyl sites for hydroxylation is 1. The fourth-order valence-corrected chi connectivity index (χ4v) is 1.30. The number of carboxylic acid groups (broad SMARTS) is 1. The number of halogens is 3. The number of carbonyl (C=O) groups is 1. The molecule has 0 saturated carbocycles.